The first-order valence-corrected chi connectivity index (χ1v) is 10.3. The van der Waals surface area contributed by atoms with Crippen LogP contribution in [0, 0.1) is 11.6 Å². The molecule has 0 saturated carbocycles. The fourth-order valence-electron chi connectivity index (χ4n) is 4.39. The number of hydrogen-bond acceptors (Lipinski definition) is 3. The number of carbonyl (C=O) groups is 2. The van der Waals surface area contributed by atoms with Gasteiger partial charge in [-0.05, 0) is 49.4 Å². The summed E-state index contributed by atoms with van der Waals surface area (Å²) in [5.41, 5.74) is -0.522. The Kier molecular flexibility index (Phi) is 4.67. The molecule has 2 bridgehead atoms. The largest absolute Gasteiger partial charge is 0.467 e. The second-order valence-corrected chi connectivity index (χ2v) is 8.37. The standard InChI is InChI=1S/C24H17ClF2N2O3/c1-24-13-20(17-4-2-3-5-21(17)32-24)28(22(30)14-6-8-15(25)9-7-14)23(31)29(24)19-11-10-16(26)12-18(19)27/h2-12,20H,13H2,1H3/t20-,24+/m1/s1. The van der Waals surface area contributed by atoms with E-state index in [-0.39, 0.29) is 17.7 Å². The molecule has 1 fully saturated rings. The summed E-state index contributed by atoms with van der Waals surface area (Å²) in [5, 5.41) is 0.450. The van der Waals surface area contributed by atoms with Crippen LogP contribution in [0.3, 0.4) is 0 Å². The van der Waals surface area contributed by atoms with E-state index in [9.17, 15) is 18.4 Å². The summed E-state index contributed by atoms with van der Waals surface area (Å²) in [6, 6.07) is 14.8. The first kappa shape index (κ1) is 20.5. The third-order valence-electron chi connectivity index (χ3n) is 5.82. The van der Waals surface area contributed by atoms with E-state index in [1.54, 1.807) is 43.3 Å². The van der Waals surface area contributed by atoms with Gasteiger partial charge in [-0.3, -0.25) is 14.6 Å². The normalized spacial score (nSPS) is 21.8. The van der Waals surface area contributed by atoms with E-state index < -0.39 is 35.3 Å². The Labute approximate surface area is 187 Å². The highest BCUT2D eigenvalue weighted by atomic mass is 35.5. The number of carbonyl (C=O) groups excluding carboxylic acids is 2. The Morgan fingerprint density at radius 2 is 1.81 bits per heavy atom. The van der Waals surface area contributed by atoms with E-state index >= 15 is 0 Å². The monoisotopic (exact) mass is 454 g/mol. The molecule has 0 aromatic heterocycles. The molecule has 8 heteroatoms. The van der Waals surface area contributed by atoms with E-state index in [0.717, 1.165) is 15.9 Å². The highest BCUT2D eigenvalue weighted by molar-refractivity contribution is 6.30. The Balaban J connectivity index is 1.68. The molecule has 0 spiro atoms. The summed E-state index contributed by atoms with van der Waals surface area (Å²) < 4.78 is 34.5. The number of halogens is 3. The zero-order valence-corrected chi connectivity index (χ0v) is 17.6. The lowest BCUT2D eigenvalue weighted by molar-refractivity contribution is 0.00225. The van der Waals surface area contributed by atoms with Crippen LogP contribution in [-0.4, -0.2) is 22.6 Å². The number of para-hydroxylation sites is 1. The number of fused-ring (bicyclic) bond motifs is 4. The van der Waals surface area contributed by atoms with Gasteiger partial charge < -0.3 is 4.74 Å². The van der Waals surface area contributed by atoms with Crippen molar-refractivity contribution in [1.82, 2.24) is 4.90 Å². The van der Waals surface area contributed by atoms with Crippen LogP contribution in [0.1, 0.15) is 35.3 Å². The first-order chi connectivity index (χ1) is 15.3. The van der Waals surface area contributed by atoms with Gasteiger partial charge in [0.05, 0.1) is 11.7 Å². The lowest BCUT2D eigenvalue weighted by atomic mass is 9.88. The maximum absolute atomic E-state index is 14.8. The molecule has 0 aliphatic carbocycles. The molecular weight excluding hydrogens is 438 g/mol. The van der Waals surface area contributed by atoms with Crippen molar-refractivity contribution in [3.05, 3.63) is 94.5 Å². The van der Waals surface area contributed by atoms with Crippen molar-refractivity contribution in [3.8, 4) is 5.75 Å². The maximum atomic E-state index is 14.8. The van der Waals surface area contributed by atoms with Gasteiger partial charge >= 0.3 is 6.03 Å². The highest BCUT2D eigenvalue weighted by Crippen LogP contribution is 2.50. The number of nitrogens with zero attached hydrogens (tertiary/aromatic N) is 2. The van der Waals surface area contributed by atoms with Crippen molar-refractivity contribution in [2.45, 2.75) is 25.1 Å². The smallest absolute Gasteiger partial charge is 0.335 e. The van der Waals surface area contributed by atoms with Crippen molar-refractivity contribution < 1.29 is 23.1 Å². The Bertz CT molecular complexity index is 1250. The number of urea groups is 1. The number of anilines is 1. The molecule has 162 valence electrons. The minimum Gasteiger partial charge on any atom is -0.467 e. The summed E-state index contributed by atoms with van der Waals surface area (Å²) >= 11 is 5.94. The van der Waals surface area contributed by atoms with Crippen molar-refractivity contribution >= 4 is 29.2 Å². The van der Waals surface area contributed by atoms with Crippen molar-refractivity contribution in [2.24, 2.45) is 0 Å². The molecule has 0 N–H and O–H groups in total. The van der Waals surface area contributed by atoms with Gasteiger partial charge in [-0.15, -0.1) is 0 Å². The van der Waals surface area contributed by atoms with E-state index in [2.05, 4.69) is 0 Å². The third kappa shape index (κ3) is 3.12. The number of benzene rings is 3. The molecule has 32 heavy (non-hydrogen) atoms. The second-order valence-electron chi connectivity index (χ2n) is 7.93. The van der Waals surface area contributed by atoms with Gasteiger partial charge in [-0.1, -0.05) is 29.8 Å². The molecule has 2 aliphatic heterocycles. The molecular formula is C24H17ClF2N2O3. The summed E-state index contributed by atoms with van der Waals surface area (Å²) in [5.74, 6) is -1.77. The number of hydrogen-bond donors (Lipinski definition) is 0. The molecule has 5 rings (SSSR count). The SMILES string of the molecule is C[C@@]12C[C@H](c3ccccc3O1)N(C(=O)c1ccc(Cl)cc1)C(=O)N2c1ccc(F)cc1F. The van der Waals surface area contributed by atoms with Crippen molar-refractivity contribution in [2.75, 3.05) is 4.90 Å². The first-order valence-electron chi connectivity index (χ1n) is 9.95. The predicted molar refractivity (Wildman–Crippen MR) is 115 cm³/mol. The average Bonchev–Trinajstić information content (AvgIpc) is 2.75. The Morgan fingerprint density at radius 1 is 1.09 bits per heavy atom. The summed E-state index contributed by atoms with van der Waals surface area (Å²) in [6.45, 7) is 1.65. The summed E-state index contributed by atoms with van der Waals surface area (Å²) in [7, 11) is 0. The minimum absolute atomic E-state index is 0.175. The van der Waals surface area contributed by atoms with Crippen LogP contribution in [0.4, 0.5) is 19.3 Å². The Hall–Kier alpha value is -3.45. The minimum atomic E-state index is -1.29. The van der Waals surface area contributed by atoms with Crippen LogP contribution in [0.2, 0.25) is 5.02 Å². The van der Waals surface area contributed by atoms with Gasteiger partial charge in [0.2, 0.25) is 0 Å². The van der Waals surface area contributed by atoms with E-state index in [0.29, 0.717) is 22.4 Å². The van der Waals surface area contributed by atoms with Crippen LogP contribution in [0.15, 0.2) is 66.7 Å². The van der Waals surface area contributed by atoms with E-state index in [1.807, 2.05) is 0 Å². The molecule has 2 heterocycles. The lowest BCUT2D eigenvalue weighted by Crippen LogP contribution is -2.67. The fourth-order valence-corrected chi connectivity index (χ4v) is 4.51. The molecule has 5 nitrogen and oxygen atoms in total. The van der Waals surface area contributed by atoms with Gasteiger partial charge in [0, 0.05) is 28.6 Å². The molecule has 3 aromatic rings. The van der Waals surface area contributed by atoms with E-state index in [4.69, 9.17) is 16.3 Å². The van der Waals surface area contributed by atoms with Crippen molar-refractivity contribution in [3.63, 3.8) is 0 Å². The van der Waals surface area contributed by atoms with Crippen LogP contribution < -0.4 is 9.64 Å². The van der Waals surface area contributed by atoms with Crippen LogP contribution in [-0.2, 0) is 0 Å². The Morgan fingerprint density at radius 3 is 2.53 bits per heavy atom. The van der Waals surface area contributed by atoms with Crippen LogP contribution in [0.5, 0.6) is 5.75 Å². The zero-order chi connectivity index (χ0) is 22.6. The molecule has 1 saturated heterocycles. The van der Waals surface area contributed by atoms with Gasteiger partial charge in [-0.2, -0.15) is 0 Å². The van der Waals surface area contributed by atoms with Crippen LogP contribution in [0.25, 0.3) is 0 Å². The second kappa shape index (κ2) is 7.31. The van der Waals surface area contributed by atoms with Gasteiger partial charge in [0.15, 0.2) is 5.72 Å². The van der Waals surface area contributed by atoms with Crippen LogP contribution >= 0.6 is 11.6 Å². The van der Waals surface area contributed by atoms with E-state index in [1.165, 1.54) is 18.2 Å². The average molecular weight is 455 g/mol. The predicted octanol–water partition coefficient (Wildman–Crippen LogP) is 5.94. The topological polar surface area (TPSA) is 49.9 Å². The number of rotatable bonds is 2. The third-order valence-corrected chi connectivity index (χ3v) is 6.07. The quantitative estimate of drug-likeness (QED) is 0.481. The highest BCUT2D eigenvalue weighted by Gasteiger charge is 2.55. The number of amides is 3. The zero-order valence-electron chi connectivity index (χ0n) is 16.9. The molecule has 3 amide bonds. The number of ether oxygens (including phenoxy) is 1. The summed E-state index contributed by atoms with van der Waals surface area (Å²) in [4.78, 5) is 29.4. The summed E-state index contributed by atoms with van der Waals surface area (Å²) in [6.07, 6.45) is 0.200. The fraction of sp³-hybridized carbons (Fsp3) is 0.167. The molecule has 3 aromatic carbocycles. The maximum Gasteiger partial charge on any atom is 0.335 e. The van der Waals surface area contributed by atoms with Gasteiger partial charge in [0.1, 0.15) is 17.4 Å². The molecule has 0 unspecified atom stereocenters. The number of imide groups is 1. The van der Waals surface area contributed by atoms with Gasteiger partial charge in [-0.25, -0.2) is 13.6 Å². The molecule has 0 radical (unpaired) electrons. The lowest BCUT2D eigenvalue weighted by Gasteiger charge is -2.53. The van der Waals surface area contributed by atoms with Crippen molar-refractivity contribution in [1.29, 1.82) is 0 Å². The molecule has 2 aliphatic rings. The van der Waals surface area contributed by atoms with Gasteiger partial charge in [0.25, 0.3) is 5.91 Å². The molecule has 2 atom stereocenters.